The average molecular weight is 302 g/mol. The summed E-state index contributed by atoms with van der Waals surface area (Å²) in [5.74, 6) is 0.313. The van der Waals surface area contributed by atoms with Crippen molar-refractivity contribution in [3.63, 3.8) is 0 Å². The van der Waals surface area contributed by atoms with E-state index in [4.69, 9.17) is 5.73 Å². The van der Waals surface area contributed by atoms with Crippen molar-refractivity contribution >= 4 is 27.9 Å². The summed E-state index contributed by atoms with van der Waals surface area (Å²) in [5, 5.41) is 2.25. The number of nitrogen functional groups attached to an aromatic ring is 1. The van der Waals surface area contributed by atoms with Crippen LogP contribution >= 0.6 is 0 Å². The first-order valence-corrected chi connectivity index (χ1v) is 7.84. The number of hydrogen-bond acceptors (Lipinski definition) is 3. The van der Waals surface area contributed by atoms with Crippen molar-refractivity contribution in [1.82, 2.24) is 14.5 Å². The van der Waals surface area contributed by atoms with Gasteiger partial charge in [-0.05, 0) is 17.5 Å². The van der Waals surface area contributed by atoms with Crippen molar-refractivity contribution in [3.8, 4) is 0 Å². The van der Waals surface area contributed by atoms with Crippen LogP contribution < -0.4 is 5.73 Å². The van der Waals surface area contributed by atoms with Crippen LogP contribution in [0.4, 0.5) is 5.95 Å². The molecule has 2 aromatic heterocycles. The Labute approximate surface area is 134 Å². The molecule has 0 unspecified atom stereocenters. The van der Waals surface area contributed by atoms with Gasteiger partial charge in [0.25, 0.3) is 0 Å². The highest BCUT2D eigenvalue weighted by Gasteiger charge is 2.15. The van der Waals surface area contributed by atoms with E-state index in [1.54, 1.807) is 0 Å². The molecular formula is C19H18N4. The van der Waals surface area contributed by atoms with Gasteiger partial charge in [0.2, 0.25) is 5.95 Å². The molecule has 0 aliphatic carbocycles. The SMILES string of the molecule is CCc1cccc2c3cnc(N)nc3n(Cc3ccccc3)c12. The fraction of sp³-hybridized carbons (Fsp3) is 0.158. The van der Waals surface area contributed by atoms with Crippen LogP contribution in [0.3, 0.4) is 0 Å². The summed E-state index contributed by atoms with van der Waals surface area (Å²) >= 11 is 0. The van der Waals surface area contributed by atoms with Gasteiger partial charge in [-0.15, -0.1) is 0 Å². The van der Waals surface area contributed by atoms with Gasteiger partial charge in [0.1, 0.15) is 5.65 Å². The quantitative estimate of drug-likeness (QED) is 0.626. The van der Waals surface area contributed by atoms with Gasteiger partial charge < -0.3 is 10.3 Å². The Morgan fingerprint density at radius 2 is 1.83 bits per heavy atom. The molecule has 0 spiro atoms. The van der Waals surface area contributed by atoms with E-state index in [9.17, 15) is 0 Å². The number of fused-ring (bicyclic) bond motifs is 3. The number of benzene rings is 2. The van der Waals surface area contributed by atoms with Crippen molar-refractivity contribution in [2.45, 2.75) is 19.9 Å². The average Bonchev–Trinajstić information content (AvgIpc) is 2.89. The van der Waals surface area contributed by atoms with Crippen LogP contribution in [-0.4, -0.2) is 14.5 Å². The second kappa shape index (κ2) is 5.39. The van der Waals surface area contributed by atoms with Crippen LogP contribution in [0.25, 0.3) is 21.9 Å². The van der Waals surface area contributed by atoms with Crippen molar-refractivity contribution in [2.24, 2.45) is 0 Å². The topological polar surface area (TPSA) is 56.7 Å². The largest absolute Gasteiger partial charge is 0.368 e. The fourth-order valence-electron chi connectivity index (χ4n) is 3.22. The number of aryl methyl sites for hydroxylation is 1. The van der Waals surface area contributed by atoms with Gasteiger partial charge in [-0.2, -0.15) is 4.98 Å². The number of anilines is 1. The fourth-order valence-corrected chi connectivity index (χ4v) is 3.22. The number of nitrogens with zero attached hydrogens (tertiary/aromatic N) is 3. The molecule has 0 atom stereocenters. The van der Waals surface area contributed by atoms with Crippen LogP contribution in [0.1, 0.15) is 18.1 Å². The van der Waals surface area contributed by atoms with Crippen molar-refractivity contribution in [1.29, 1.82) is 0 Å². The second-order valence-corrected chi connectivity index (χ2v) is 5.70. The Balaban J connectivity index is 2.07. The maximum Gasteiger partial charge on any atom is 0.221 e. The van der Waals surface area contributed by atoms with Gasteiger partial charge in [0, 0.05) is 23.5 Å². The number of nitrogens with two attached hydrogens (primary N) is 1. The molecule has 4 aromatic rings. The first-order chi connectivity index (χ1) is 11.3. The van der Waals surface area contributed by atoms with Crippen LogP contribution in [0.2, 0.25) is 0 Å². The molecule has 4 heteroatoms. The first kappa shape index (κ1) is 13.8. The molecule has 0 aliphatic rings. The minimum Gasteiger partial charge on any atom is -0.368 e. The number of aromatic nitrogens is 3. The van der Waals surface area contributed by atoms with Crippen LogP contribution in [-0.2, 0) is 13.0 Å². The maximum atomic E-state index is 5.84. The summed E-state index contributed by atoms with van der Waals surface area (Å²) in [6, 6.07) is 16.8. The molecule has 0 aliphatic heterocycles. The van der Waals surface area contributed by atoms with Gasteiger partial charge in [-0.1, -0.05) is 55.5 Å². The molecule has 2 aromatic carbocycles. The Hall–Kier alpha value is -2.88. The summed E-state index contributed by atoms with van der Waals surface area (Å²) in [4.78, 5) is 8.70. The van der Waals surface area contributed by atoms with Crippen LogP contribution in [0.15, 0.2) is 54.7 Å². The van der Waals surface area contributed by atoms with E-state index in [1.165, 1.54) is 22.0 Å². The zero-order valence-corrected chi connectivity index (χ0v) is 13.0. The summed E-state index contributed by atoms with van der Waals surface area (Å²) in [6.07, 6.45) is 2.81. The van der Waals surface area contributed by atoms with E-state index >= 15 is 0 Å². The molecule has 0 saturated carbocycles. The molecule has 0 radical (unpaired) electrons. The molecular weight excluding hydrogens is 284 g/mol. The summed E-state index contributed by atoms with van der Waals surface area (Å²) in [5.41, 5.74) is 10.5. The summed E-state index contributed by atoms with van der Waals surface area (Å²) < 4.78 is 2.26. The molecule has 4 nitrogen and oxygen atoms in total. The van der Waals surface area contributed by atoms with E-state index in [0.29, 0.717) is 5.95 Å². The lowest BCUT2D eigenvalue weighted by molar-refractivity contribution is 0.849. The number of hydrogen-bond donors (Lipinski definition) is 1. The molecule has 0 bridgehead atoms. The molecule has 0 amide bonds. The number of para-hydroxylation sites is 1. The van der Waals surface area contributed by atoms with Gasteiger partial charge in [-0.3, -0.25) is 0 Å². The van der Waals surface area contributed by atoms with E-state index in [1.807, 2.05) is 12.3 Å². The van der Waals surface area contributed by atoms with Crippen LogP contribution in [0, 0.1) is 0 Å². The van der Waals surface area contributed by atoms with E-state index < -0.39 is 0 Å². The Kier molecular flexibility index (Phi) is 3.23. The summed E-state index contributed by atoms with van der Waals surface area (Å²) in [6.45, 7) is 2.95. The van der Waals surface area contributed by atoms with Gasteiger partial charge in [0.15, 0.2) is 0 Å². The molecule has 23 heavy (non-hydrogen) atoms. The van der Waals surface area contributed by atoms with Gasteiger partial charge in [0.05, 0.1) is 5.52 Å². The molecule has 4 rings (SSSR count). The summed E-state index contributed by atoms with van der Waals surface area (Å²) in [7, 11) is 0. The van der Waals surface area contributed by atoms with Crippen molar-refractivity contribution < 1.29 is 0 Å². The smallest absolute Gasteiger partial charge is 0.221 e. The third-order valence-corrected chi connectivity index (χ3v) is 4.29. The second-order valence-electron chi connectivity index (χ2n) is 5.70. The highest BCUT2D eigenvalue weighted by Crippen LogP contribution is 2.31. The normalized spacial score (nSPS) is 11.3. The highest BCUT2D eigenvalue weighted by molar-refractivity contribution is 6.07. The molecule has 0 saturated heterocycles. The third kappa shape index (κ3) is 2.23. The van der Waals surface area contributed by atoms with Crippen LogP contribution in [0.5, 0.6) is 0 Å². The third-order valence-electron chi connectivity index (χ3n) is 4.29. The zero-order chi connectivity index (χ0) is 15.8. The van der Waals surface area contributed by atoms with E-state index in [2.05, 4.69) is 63.9 Å². The lowest BCUT2D eigenvalue weighted by atomic mass is 10.1. The highest BCUT2D eigenvalue weighted by atomic mass is 15.1. The standard InChI is InChI=1S/C19H18N4/c1-2-14-9-6-10-15-16-11-21-19(20)22-18(16)23(17(14)15)12-13-7-4-3-5-8-13/h3-11H,2,12H2,1H3,(H2,20,21,22). The van der Waals surface area contributed by atoms with Gasteiger partial charge >= 0.3 is 0 Å². The lowest BCUT2D eigenvalue weighted by Crippen LogP contribution is -2.03. The Bertz CT molecular complexity index is 987. The van der Waals surface area contributed by atoms with Crippen molar-refractivity contribution in [3.05, 3.63) is 65.9 Å². The van der Waals surface area contributed by atoms with Crippen molar-refractivity contribution in [2.75, 3.05) is 5.73 Å². The monoisotopic (exact) mass is 302 g/mol. The first-order valence-electron chi connectivity index (χ1n) is 7.84. The number of rotatable bonds is 3. The maximum absolute atomic E-state index is 5.84. The Morgan fingerprint density at radius 1 is 1.00 bits per heavy atom. The predicted octanol–water partition coefficient (Wildman–Crippen LogP) is 3.78. The molecule has 2 N–H and O–H groups in total. The molecule has 114 valence electrons. The minimum atomic E-state index is 0.313. The minimum absolute atomic E-state index is 0.313. The Morgan fingerprint density at radius 3 is 2.61 bits per heavy atom. The van der Waals surface area contributed by atoms with Gasteiger partial charge in [-0.25, -0.2) is 4.98 Å². The molecule has 2 heterocycles. The predicted molar refractivity (Wildman–Crippen MR) is 94.4 cm³/mol. The van der Waals surface area contributed by atoms with E-state index in [0.717, 1.165) is 24.0 Å². The van der Waals surface area contributed by atoms with E-state index in [-0.39, 0.29) is 0 Å². The zero-order valence-electron chi connectivity index (χ0n) is 13.0. The lowest BCUT2D eigenvalue weighted by Gasteiger charge is -2.10. The molecule has 0 fully saturated rings.